The van der Waals surface area contributed by atoms with Gasteiger partial charge in [0.15, 0.2) is 0 Å². The van der Waals surface area contributed by atoms with E-state index in [0.29, 0.717) is 30.3 Å². The molecule has 2 saturated heterocycles. The molecule has 146 heavy (non-hydrogen) atoms. The van der Waals surface area contributed by atoms with Crippen molar-refractivity contribution in [3.8, 4) is 0 Å². The van der Waals surface area contributed by atoms with Gasteiger partial charge in [-0.25, -0.2) is 0 Å². The van der Waals surface area contributed by atoms with E-state index in [0.717, 1.165) is 103 Å². The van der Waals surface area contributed by atoms with Crippen molar-refractivity contribution in [1.82, 2.24) is 0 Å². The highest BCUT2D eigenvalue weighted by atomic mass is 16.5. The molecule has 5 heterocycles. The monoisotopic (exact) mass is 1990 g/mol. The lowest BCUT2D eigenvalue weighted by Gasteiger charge is -2.29. The molecule has 0 radical (unpaired) electrons. The van der Waals surface area contributed by atoms with E-state index in [1.807, 2.05) is 13.0 Å². The second kappa shape index (κ2) is 70.3. The normalized spacial score (nSPS) is 22.7. The Morgan fingerprint density at radius 2 is 0.616 bits per heavy atom. The number of allylic oxidation sites excluding steroid dienone is 4. The van der Waals surface area contributed by atoms with Gasteiger partial charge < -0.3 is 23.4 Å². The number of ether oxygens (including phenoxy) is 4. The van der Waals surface area contributed by atoms with Crippen molar-refractivity contribution in [2.24, 2.45) is 65.1 Å². The molecule has 4 fully saturated rings. The third-order valence-corrected chi connectivity index (χ3v) is 32.4. The predicted octanol–water partition coefficient (Wildman–Crippen LogP) is 41.4. The number of rotatable bonds is 0. The molecule has 0 N–H and O–H groups in total. The summed E-state index contributed by atoms with van der Waals surface area (Å²) in [7, 11) is 0. The summed E-state index contributed by atoms with van der Waals surface area (Å²) in [5.74, 6) is 10.9. The van der Waals surface area contributed by atoms with Crippen molar-refractivity contribution in [1.29, 1.82) is 0 Å². The van der Waals surface area contributed by atoms with Gasteiger partial charge in [-0.2, -0.15) is 0 Å². The topological polar surface area (TPSA) is 50.1 Å². The van der Waals surface area contributed by atoms with Crippen LogP contribution in [-0.2, 0) is 31.8 Å². The minimum atomic E-state index is 0.339. The fourth-order valence-corrected chi connectivity index (χ4v) is 18.8. The third kappa shape index (κ3) is 54.2. The van der Waals surface area contributed by atoms with E-state index < -0.39 is 0 Å². The van der Waals surface area contributed by atoms with Crippen molar-refractivity contribution in [3.05, 3.63) is 324 Å². The number of furan rings is 1. The first kappa shape index (κ1) is 132. The molecule has 5 nitrogen and oxygen atoms in total. The molecule has 0 bridgehead atoms. The Hall–Kier alpha value is -7.90. The van der Waals surface area contributed by atoms with Crippen LogP contribution in [0.3, 0.4) is 0 Å². The first-order valence-electron chi connectivity index (χ1n) is 57.4. The standard InChI is InChI=1S/C13H18.C11H16.C10H10O.2C10H14.C9H18.2C9H12.C8H16.2C8H14.C8H10.2C7H14O.2C7H12O/c1-8-5-12-7-9(2)10(3)11(4)13(12)6-8;1-7-6-8(2)10(4)11(5)9(7)3;1-7-3-4-10-9(5-7)6-8(2)11-10;2*1-7-5-6-8(2)10(4)9(7)3;3*1-7-4-5-8(2)9(3)6-7;4*1-7-3-5-8(2)6-4-7;4*1-6-3-4-7(2)8-5-6/h7-8H,5-6H2,1-4H3;6H,1-5H3;3-6H,1-2H3;2*5-6H,1-4H3;7-9H,4-6H2,1-3H3;2*4-6H,1-3H3;7-8H,3-6H2,1-2H3;2*3,8H,4-6H2,1-2H3;3-6H,1-2H3;2*6-7H,3-5H2,1-2H3;3,7H,4-5H2,1-2H3;3-4,6-7H,5H2,1-2H3/t;;;;;7-,8?,9?;;;;;;;;;;/m.....1........../s1. The van der Waals surface area contributed by atoms with Gasteiger partial charge in [-0.15, -0.1) is 0 Å². The third-order valence-electron chi connectivity index (χ3n) is 32.4. The summed E-state index contributed by atoms with van der Waals surface area (Å²) in [6, 6.07) is 43.1. The largest absolute Gasteiger partial charge is 0.461 e. The molecule has 5 aliphatic carbocycles. The summed E-state index contributed by atoms with van der Waals surface area (Å²) in [4.78, 5) is 0. The van der Waals surface area contributed by atoms with Crippen LogP contribution in [0.1, 0.15) is 396 Å². The zero-order valence-corrected chi connectivity index (χ0v) is 103. The maximum atomic E-state index is 5.42. The molecular weight excluding hydrogens is 1770 g/mol. The Morgan fingerprint density at radius 1 is 0.240 bits per heavy atom. The van der Waals surface area contributed by atoms with E-state index in [9.17, 15) is 0 Å². The molecular formula is C141H220O5. The number of hydrogen-bond donors (Lipinski definition) is 0. The van der Waals surface area contributed by atoms with Crippen LogP contribution in [0.5, 0.6) is 0 Å². The Morgan fingerprint density at radius 3 is 0.952 bits per heavy atom. The van der Waals surface area contributed by atoms with Crippen LogP contribution >= 0.6 is 0 Å². The Balaban J connectivity index is 0.000000401. The van der Waals surface area contributed by atoms with Gasteiger partial charge >= 0.3 is 0 Å². The maximum absolute atomic E-state index is 5.42. The van der Waals surface area contributed by atoms with Crippen molar-refractivity contribution < 1.29 is 23.4 Å². The van der Waals surface area contributed by atoms with E-state index in [1.54, 1.807) is 27.8 Å². The SMILES string of the molecule is CC1=CCC(C)CC1.CC1=CCC(C)CC1.CC1=CCC(C)OC1.CC1C=CC(C)OC1.CC1CCC(C)CC1.CC1CCC(C)OC1.CC1CCC(C)OC1.CC1CC[C@@H](C)CC1C.Cc1cc(C)c(C)c(C)c1C.Cc1cc2c(c(C)c1C)CC(C)C2.Cc1ccc(C)c(C)c1.Cc1ccc(C)c(C)c1.Cc1ccc(C)c(C)c1C.Cc1ccc(C)c(C)c1C.Cc1ccc(C)cc1.Cc1ccc2oc(C)cc2c1. The highest BCUT2D eigenvalue weighted by molar-refractivity contribution is 5.78. The zero-order valence-electron chi connectivity index (χ0n) is 103. The number of benzene rings is 8. The Kier molecular flexibility index (Phi) is 63.7. The van der Waals surface area contributed by atoms with Gasteiger partial charge in [0.2, 0.25) is 0 Å². The molecule has 1 aromatic heterocycles. The fourth-order valence-electron chi connectivity index (χ4n) is 18.8. The predicted molar refractivity (Wildman–Crippen MR) is 648 cm³/mol. The Labute approximate surface area is 901 Å². The molecule has 12 unspecified atom stereocenters. The lowest BCUT2D eigenvalue weighted by atomic mass is 9.77. The van der Waals surface area contributed by atoms with Crippen LogP contribution in [0.2, 0.25) is 0 Å². The van der Waals surface area contributed by atoms with Gasteiger partial charge in [-0.1, -0.05) is 293 Å². The first-order valence-corrected chi connectivity index (χ1v) is 57.4. The molecule has 9 aromatic rings. The summed E-state index contributed by atoms with van der Waals surface area (Å²) in [6.07, 6.45) is 40.4. The molecule has 2 saturated carbocycles. The molecule has 0 amide bonds. The zero-order chi connectivity index (χ0) is 110. The van der Waals surface area contributed by atoms with Gasteiger partial charge in [0.1, 0.15) is 11.3 Å². The van der Waals surface area contributed by atoms with Crippen LogP contribution in [0, 0.1) is 245 Å². The van der Waals surface area contributed by atoms with Crippen molar-refractivity contribution in [2.45, 2.75) is 457 Å². The molecule has 18 rings (SSSR count). The summed E-state index contributed by atoms with van der Waals surface area (Å²) in [5.41, 5.74) is 43.8. The lowest BCUT2D eigenvalue weighted by molar-refractivity contribution is 0.000174. The van der Waals surface area contributed by atoms with Gasteiger partial charge in [-0.3, -0.25) is 0 Å². The average Bonchev–Trinajstić information content (AvgIpc) is 1.65. The number of hydrogen-bond acceptors (Lipinski definition) is 5. The number of fused-ring (bicyclic) bond motifs is 2. The molecule has 13 atom stereocenters. The van der Waals surface area contributed by atoms with Gasteiger partial charge in [-0.05, 0) is 524 Å². The van der Waals surface area contributed by atoms with E-state index in [-0.39, 0.29) is 0 Å². The minimum absolute atomic E-state index is 0.339. The van der Waals surface area contributed by atoms with Crippen LogP contribution in [-0.4, -0.2) is 50.8 Å². The quantitative estimate of drug-likeness (QED) is 0.142. The van der Waals surface area contributed by atoms with Gasteiger partial charge in [0, 0.05) is 18.6 Å². The van der Waals surface area contributed by atoms with Gasteiger partial charge in [0.25, 0.3) is 0 Å². The number of aryl methyl sites for hydroxylation is 17. The van der Waals surface area contributed by atoms with E-state index in [2.05, 4.69) is 443 Å². The van der Waals surface area contributed by atoms with Gasteiger partial charge in [0.05, 0.1) is 37.6 Å². The summed E-state index contributed by atoms with van der Waals surface area (Å²) < 4.78 is 26.8. The van der Waals surface area contributed by atoms with Crippen LogP contribution in [0.15, 0.2) is 173 Å². The molecule has 4 aliphatic heterocycles. The first-order chi connectivity index (χ1) is 68.5. The van der Waals surface area contributed by atoms with E-state index in [4.69, 9.17) is 23.4 Å². The summed E-state index contributed by atoms with van der Waals surface area (Å²) in [5, 5.41) is 1.20. The lowest BCUT2D eigenvalue weighted by Crippen LogP contribution is -2.21. The highest BCUT2D eigenvalue weighted by Gasteiger charge is 2.24. The van der Waals surface area contributed by atoms with Crippen molar-refractivity contribution >= 4 is 11.0 Å². The highest BCUT2D eigenvalue weighted by Crippen LogP contribution is 2.35. The molecule has 9 aliphatic rings. The smallest absolute Gasteiger partial charge is 0.134 e. The second-order valence-corrected chi connectivity index (χ2v) is 47.7. The second-order valence-electron chi connectivity index (χ2n) is 47.7. The molecule has 8 aromatic carbocycles. The molecule has 5 heteroatoms. The van der Waals surface area contributed by atoms with E-state index in [1.165, 1.54) is 266 Å². The van der Waals surface area contributed by atoms with Crippen LogP contribution in [0.4, 0.5) is 0 Å². The maximum Gasteiger partial charge on any atom is 0.134 e. The Bertz CT molecular complexity index is 4950. The summed E-state index contributed by atoms with van der Waals surface area (Å²) >= 11 is 0. The van der Waals surface area contributed by atoms with E-state index >= 15 is 0 Å². The summed E-state index contributed by atoms with van der Waals surface area (Å²) in [6.45, 7) is 100. The van der Waals surface area contributed by atoms with Crippen molar-refractivity contribution in [2.75, 3.05) is 26.4 Å². The molecule has 814 valence electrons. The van der Waals surface area contributed by atoms with Crippen molar-refractivity contribution in [3.63, 3.8) is 0 Å². The van der Waals surface area contributed by atoms with Crippen LogP contribution < -0.4 is 0 Å². The molecule has 0 spiro atoms. The average molecular weight is 2000 g/mol. The minimum Gasteiger partial charge on any atom is -0.461 e. The fraction of sp³-hybridized carbons (Fsp3) is 0.589. The van der Waals surface area contributed by atoms with Crippen LogP contribution in [0.25, 0.3) is 11.0 Å².